The molecule has 18 heavy (non-hydrogen) atoms. The van der Waals surface area contributed by atoms with Crippen LogP contribution in [0.5, 0.6) is 0 Å². The van der Waals surface area contributed by atoms with E-state index in [-0.39, 0.29) is 17.7 Å². The number of hydrogen-bond donors (Lipinski definition) is 2. The lowest BCUT2D eigenvalue weighted by Crippen LogP contribution is -2.38. The van der Waals surface area contributed by atoms with Crippen LogP contribution in [0.3, 0.4) is 0 Å². The molecule has 0 spiro atoms. The minimum atomic E-state index is -3.29. The predicted octanol–water partition coefficient (Wildman–Crippen LogP) is 2.12. The fourth-order valence-electron chi connectivity index (χ4n) is 1.80. The Morgan fingerprint density at radius 3 is 2.22 bits per heavy atom. The number of benzene rings is 1. The Morgan fingerprint density at radius 2 is 1.78 bits per heavy atom. The largest absolute Gasteiger partial charge is 0.399 e. The molecule has 0 aliphatic heterocycles. The molecule has 0 radical (unpaired) electrons. The van der Waals surface area contributed by atoms with Crippen molar-refractivity contribution in [3.05, 3.63) is 29.8 Å². The van der Waals surface area contributed by atoms with Gasteiger partial charge in [-0.1, -0.05) is 32.9 Å². The van der Waals surface area contributed by atoms with E-state index in [0.29, 0.717) is 5.69 Å². The van der Waals surface area contributed by atoms with Gasteiger partial charge in [0.15, 0.2) is 0 Å². The van der Waals surface area contributed by atoms with Gasteiger partial charge in [-0.2, -0.15) is 0 Å². The van der Waals surface area contributed by atoms with Gasteiger partial charge in [0.1, 0.15) is 0 Å². The minimum Gasteiger partial charge on any atom is -0.399 e. The number of nitrogens with two attached hydrogens (primary N) is 1. The van der Waals surface area contributed by atoms with E-state index < -0.39 is 10.0 Å². The molecule has 3 N–H and O–H groups in total. The highest BCUT2D eigenvalue weighted by molar-refractivity contribution is 7.88. The summed E-state index contributed by atoms with van der Waals surface area (Å²) in [6.07, 6.45) is 0.790. The first-order valence-electron chi connectivity index (χ1n) is 6.18. The van der Waals surface area contributed by atoms with Crippen LogP contribution < -0.4 is 10.5 Å². The van der Waals surface area contributed by atoms with E-state index in [2.05, 4.69) is 4.72 Å². The van der Waals surface area contributed by atoms with E-state index in [1.165, 1.54) is 0 Å². The molecule has 0 aliphatic rings. The molecule has 102 valence electrons. The van der Waals surface area contributed by atoms with Crippen molar-refractivity contribution in [1.29, 1.82) is 0 Å². The lowest BCUT2D eigenvalue weighted by Gasteiger charge is -2.20. The second-order valence-corrected chi connectivity index (χ2v) is 6.63. The molecule has 0 saturated heterocycles. The standard InChI is InChI=1S/C13H22N2O2S/c1-4-13(10(2)3)15-18(16,17)9-11-5-7-12(14)8-6-11/h5-8,10,13,15H,4,9,14H2,1-3H3. The maximum Gasteiger partial charge on any atom is 0.216 e. The van der Waals surface area contributed by atoms with Crippen LogP contribution >= 0.6 is 0 Å². The van der Waals surface area contributed by atoms with Crippen LogP contribution in [0.2, 0.25) is 0 Å². The third kappa shape index (κ3) is 4.66. The molecule has 1 rings (SSSR count). The van der Waals surface area contributed by atoms with E-state index in [4.69, 9.17) is 5.73 Å². The van der Waals surface area contributed by atoms with Gasteiger partial charge < -0.3 is 5.73 Å². The molecule has 4 nitrogen and oxygen atoms in total. The smallest absolute Gasteiger partial charge is 0.216 e. The van der Waals surface area contributed by atoms with Crippen molar-refractivity contribution in [2.75, 3.05) is 5.73 Å². The zero-order valence-corrected chi connectivity index (χ0v) is 12.0. The van der Waals surface area contributed by atoms with Crippen LogP contribution in [0, 0.1) is 5.92 Å². The summed E-state index contributed by atoms with van der Waals surface area (Å²) < 4.78 is 26.8. The van der Waals surface area contributed by atoms with Crippen molar-refractivity contribution >= 4 is 15.7 Å². The molecule has 0 amide bonds. The van der Waals surface area contributed by atoms with Crippen LogP contribution in [0.4, 0.5) is 5.69 Å². The molecular weight excluding hydrogens is 248 g/mol. The van der Waals surface area contributed by atoms with Crippen LogP contribution in [0.25, 0.3) is 0 Å². The highest BCUT2D eigenvalue weighted by atomic mass is 32.2. The third-order valence-electron chi connectivity index (χ3n) is 2.91. The lowest BCUT2D eigenvalue weighted by atomic mass is 10.0. The lowest BCUT2D eigenvalue weighted by molar-refractivity contribution is 0.437. The fraction of sp³-hybridized carbons (Fsp3) is 0.538. The van der Waals surface area contributed by atoms with Gasteiger partial charge in [-0.15, -0.1) is 0 Å². The molecule has 5 heteroatoms. The highest BCUT2D eigenvalue weighted by Gasteiger charge is 2.19. The Hall–Kier alpha value is -1.07. The SMILES string of the molecule is CCC(NS(=O)(=O)Cc1ccc(N)cc1)C(C)C. The summed E-state index contributed by atoms with van der Waals surface area (Å²) in [5.74, 6) is 0.285. The summed E-state index contributed by atoms with van der Waals surface area (Å²) in [4.78, 5) is 0. The molecule has 1 aromatic carbocycles. The van der Waals surface area contributed by atoms with E-state index in [9.17, 15) is 8.42 Å². The second kappa shape index (κ2) is 6.20. The first kappa shape index (κ1) is 15.0. The molecule has 0 bridgehead atoms. The second-order valence-electron chi connectivity index (χ2n) is 4.88. The normalized spacial score (nSPS) is 13.8. The number of nitrogen functional groups attached to an aromatic ring is 1. The molecule has 0 heterocycles. The Labute approximate surface area is 110 Å². The number of nitrogens with one attached hydrogen (secondary N) is 1. The molecular formula is C13H22N2O2S. The van der Waals surface area contributed by atoms with Gasteiger partial charge >= 0.3 is 0 Å². The maximum absolute atomic E-state index is 12.0. The summed E-state index contributed by atoms with van der Waals surface area (Å²) in [6.45, 7) is 6.01. The summed E-state index contributed by atoms with van der Waals surface area (Å²) >= 11 is 0. The summed E-state index contributed by atoms with van der Waals surface area (Å²) in [7, 11) is -3.29. The molecule has 1 atom stereocenters. The molecule has 1 aromatic rings. The van der Waals surface area contributed by atoms with Crippen molar-refractivity contribution in [3.63, 3.8) is 0 Å². The Morgan fingerprint density at radius 1 is 1.22 bits per heavy atom. The molecule has 0 saturated carbocycles. The van der Waals surface area contributed by atoms with Crippen molar-refractivity contribution in [3.8, 4) is 0 Å². The Balaban J connectivity index is 2.73. The van der Waals surface area contributed by atoms with E-state index >= 15 is 0 Å². The van der Waals surface area contributed by atoms with Crippen LogP contribution in [0.1, 0.15) is 32.8 Å². The van der Waals surface area contributed by atoms with Crippen LogP contribution in [-0.2, 0) is 15.8 Å². The van der Waals surface area contributed by atoms with E-state index in [1.54, 1.807) is 24.3 Å². The Kier molecular flexibility index (Phi) is 5.16. The average Bonchev–Trinajstić information content (AvgIpc) is 2.28. The molecule has 0 aliphatic carbocycles. The fourth-order valence-corrected chi connectivity index (χ4v) is 3.41. The first-order chi connectivity index (χ1) is 8.34. The van der Waals surface area contributed by atoms with E-state index in [0.717, 1.165) is 12.0 Å². The van der Waals surface area contributed by atoms with Crippen molar-refractivity contribution in [1.82, 2.24) is 4.72 Å². The zero-order valence-electron chi connectivity index (χ0n) is 11.2. The summed E-state index contributed by atoms with van der Waals surface area (Å²) in [5, 5.41) is 0. The van der Waals surface area contributed by atoms with Gasteiger partial charge in [0.25, 0.3) is 0 Å². The number of anilines is 1. The van der Waals surface area contributed by atoms with Crippen molar-refractivity contribution in [2.45, 2.75) is 39.0 Å². The van der Waals surface area contributed by atoms with Gasteiger partial charge in [-0.3, -0.25) is 0 Å². The summed E-state index contributed by atoms with van der Waals surface area (Å²) in [6, 6.07) is 6.90. The number of sulfonamides is 1. The number of rotatable bonds is 6. The quantitative estimate of drug-likeness (QED) is 0.778. The Bertz CT molecular complexity index is 466. The zero-order chi connectivity index (χ0) is 13.8. The van der Waals surface area contributed by atoms with Crippen molar-refractivity contribution in [2.24, 2.45) is 5.92 Å². The van der Waals surface area contributed by atoms with Gasteiger partial charge in [0, 0.05) is 11.7 Å². The average molecular weight is 270 g/mol. The highest BCUT2D eigenvalue weighted by Crippen LogP contribution is 2.12. The number of hydrogen-bond acceptors (Lipinski definition) is 3. The summed E-state index contributed by atoms with van der Waals surface area (Å²) in [5.41, 5.74) is 6.95. The minimum absolute atomic E-state index is 0.00347. The van der Waals surface area contributed by atoms with Gasteiger partial charge in [0.2, 0.25) is 10.0 Å². The monoisotopic (exact) mass is 270 g/mol. The van der Waals surface area contributed by atoms with Crippen molar-refractivity contribution < 1.29 is 8.42 Å². The predicted molar refractivity (Wildman–Crippen MR) is 75.5 cm³/mol. The topological polar surface area (TPSA) is 72.2 Å². The van der Waals surface area contributed by atoms with Crippen LogP contribution in [-0.4, -0.2) is 14.5 Å². The maximum atomic E-state index is 12.0. The first-order valence-corrected chi connectivity index (χ1v) is 7.83. The molecule has 0 aromatic heterocycles. The van der Waals surface area contributed by atoms with Gasteiger partial charge in [-0.05, 0) is 30.0 Å². The van der Waals surface area contributed by atoms with Gasteiger partial charge in [0.05, 0.1) is 5.75 Å². The van der Waals surface area contributed by atoms with E-state index in [1.807, 2.05) is 20.8 Å². The van der Waals surface area contributed by atoms with Gasteiger partial charge in [-0.25, -0.2) is 13.1 Å². The molecule has 1 unspecified atom stereocenters. The third-order valence-corrected chi connectivity index (χ3v) is 4.29. The van der Waals surface area contributed by atoms with Crippen LogP contribution in [0.15, 0.2) is 24.3 Å². The molecule has 0 fully saturated rings.